The van der Waals surface area contributed by atoms with Crippen LogP contribution in [0.1, 0.15) is 18.7 Å². The van der Waals surface area contributed by atoms with E-state index in [-0.39, 0.29) is 0 Å². The Morgan fingerprint density at radius 2 is 2.36 bits per heavy atom. The van der Waals surface area contributed by atoms with E-state index in [1.807, 2.05) is 12.1 Å². The molecule has 0 atom stereocenters. The molecule has 72 valence electrons. The van der Waals surface area contributed by atoms with E-state index in [2.05, 4.69) is 20.6 Å². The molecule has 0 bridgehead atoms. The second-order valence-corrected chi connectivity index (χ2v) is 3.57. The fraction of sp³-hybridized carbons (Fsp3) is 0.444. The summed E-state index contributed by atoms with van der Waals surface area (Å²) < 4.78 is 1.77. The van der Waals surface area contributed by atoms with Gasteiger partial charge in [0.15, 0.2) is 11.5 Å². The first-order valence-corrected chi connectivity index (χ1v) is 4.82. The minimum atomic E-state index is 0.686. The van der Waals surface area contributed by atoms with Crippen LogP contribution in [0.3, 0.4) is 0 Å². The van der Waals surface area contributed by atoms with Crippen molar-refractivity contribution >= 4 is 5.65 Å². The summed E-state index contributed by atoms with van der Waals surface area (Å²) in [5, 5.41) is 15.7. The summed E-state index contributed by atoms with van der Waals surface area (Å²) in [6.07, 6.45) is 4.31. The maximum Gasteiger partial charge on any atom is 0.177 e. The predicted octanol–water partition coefficient (Wildman–Crippen LogP) is 0.376. The molecule has 2 heterocycles. The van der Waals surface area contributed by atoms with Crippen LogP contribution in [0.5, 0.6) is 0 Å². The Bertz CT molecular complexity index is 445. The maximum atomic E-state index is 4.19. The van der Waals surface area contributed by atoms with Crippen molar-refractivity contribution in [2.45, 2.75) is 25.4 Å². The average Bonchev–Trinajstić information content (AvgIpc) is 2.96. The topological polar surface area (TPSA) is 55.1 Å². The van der Waals surface area contributed by atoms with Crippen LogP contribution in [0.25, 0.3) is 5.65 Å². The fourth-order valence-corrected chi connectivity index (χ4v) is 1.42. The summed E-state index contributed by atoms with van der Waals surface area (Å²) >= 11 is 0. The highest BCUT2D eigenvalue weighted by Crippen LogP contribution is 2.18. The highest BCUT2D eigenvalue weighted by Gasteiger charge is 2.21. The zero-order valence-electron chi connectivity index (χ0n) is 7.72. The molecule has 0 unspecified atom stereocenters. The van der Waals surface area contributed by atoms with E-state index in [1.54, 1.807) is 10.7 Å². The summed E-state index contributed by atoms with van der Waals surface area (Å²) in [5.74, 6) is 0.882. The standard InChI is InChI=1S/C9H11N5/c1-2-8-12-13-9(14(8)11-5-1)6-10-7-3-4-7/h1-2,5,7,10H,3-4,6H2. The third-order valence-electron chi connectivity index (χ3n) is 2.37. The monoisotopic (exact) mass is 189 g/mol. The van der Waals surface area contributed by atoms with Gasteiger partial charge in [0.05, 0.1) is 6.54 Å². The molecule has 0 amide bonds. The number of rotatable bonds is 3. The number of nitrogens with zero attached hydrogens (tertiary/aromatic N) is 4. The molecule has 5 heteroatoms. The average molecular weight is 189 g/mol. The molecule has 0 aliphatic heterocycles. The zero-order valence-corrected chi connectivity index (χ0v) is 7.72. The molecule has 1 aliphatic carbocycles. The van der Waals surface area contributed by atoms with E-state index < -0.39 is 0 Å². The van der Waals surface area contributed by atoms with E-state index in [1.165, 1.54) is 12.8 Å². The van der Waals surface area contributed by atoms with Crippen LogP contribution in [0.4, 0.5) is 0 Å². The van der Waals surface area contributed by atoms with Crippen molar-refractivity contribution in [1.29, 1.82) is 0 Å². The first kappa shape index (κ1) is 7.87. The zero-order chi connectivity index (χ0) is 9.38. The van der Waals surface area contributed by atoms with Crippen molar-refractivity contribution in [2.75, 3.05) is 0 Å². The van der Waals surface area contributed by atoms with Crippen molar-refractivity contribution < 1.29 is 0 Å². The Hall–Kier alpha value is -1.49. The normalized spacial score (nSPS) is 16.3. The van der Waals surface area contributed by atoms with Crippen LogP contribution in [-0.4, -0.2) is 25.9 Å². The molecule has 5 nitrogen and oxygen atoms in total. The van der Waals surface area contributed by atoms with E-state index in [0.29, 0.717) is 6.04 Å². The highest BCUT2D eigenvalue weighted by molar-refractivity contribution is 5.34. The van der Waals surface area contributed by atoms with Gasteiger partial charge in [0.2, 0.25) is 0 Å². The van der Waals surface area contributed by atoms with E-state index >= 15 is 0 Å². The van der Waals surface area contributed by atoms with E-state index in [0.717, 1.165) is 18.0 Å². The smallest absolute Gasteiger partial charge is 0.177 e. The van der Waals surface area contributed by atoms with Crippen LogP contribution in [0.2, 0.25) is 0 Å². The summed E-state index contributed by atoms with van der Waals surface area (Å²) in [5.41, 5.74) is 0.806. The third kappa shape index (κ3) is 1.35. The van der Waals surface area contributed by atoms with Gasteiger partial charge in [-0.05, 0) is 25.0 Å². The molecule has 1 saturated carbocycles. The third-order valence-corrected chi connectivity index (χ3v) is 2.37. The van der Waals surface area contributed by atoms with Gasteiger partial charge in [-0.3, -0.25) is 0 Å². The molecule has 2 aromatic rings. The molecule has 2 aromatic heterocycles. The molecule has 0 saturated heterocycles. The summed E-state index contributed by atoms with van der Waals surface area (Å²) in [4.78, 5) is 0. The number of hydrogen-bond donors (Lipinski definition) is 1. The van der Waals surface area contributed by atoms with Crippen molar-refractivity contribution in [2.24, 2.45) is 0 Å². The van der Waals surface area contributed by atoms with Gasteiger partial charge in [0.25, 0.3) is 0 Å². The lowest BCUT2D eigenvalue weighted by Crippen LogP contribution is -2.17. The fourth-order valence-electron chi connectivity index (χ4n) is 1.42. The van der Waals surface area contributed by atoms with Crippen molar-refractivity contribution in [3.8, 4) is 0 Å². The molecule has 1 N–H and O–H groups in total. The van der Waals surface area contributed by atoms with E-state index in [9.17, 15) is 0 Å². The van der Waals surface area contributed by atoms with Gasteiger partial charge in [-0.2, -0.15) is 9.61 Å². The first-order chi connectivity index (χ1) is 6.93. The van der Waals surface area contributed by atoms with Crippen molar-refractivity contribution in [1.82, 2.24) is 25.1 Å². The number of hydrogen-bond acceptors (Lipinski definition) is 4. The molecule has 3 rings (SSSR count). The van der Waals surface area contributed by atoms with Crippen LogP contribution >= 0.6 is 0 Å². The van der Waals surface area contributed by atoms with Gasteiger partial charge in [0.1, 0.15) is 0 Å². The molecule has 0 aromatic carbocycles. The minimum Gasteiger partial charge on any atom is -0.307 e. The summed E-state index contributed by atoms with van der Waals surface area (Å²) in [6, 6.07) is 4.45. The van der Waals surface area contributed by atoms with Gasteiger partial charge in [-0.15, -0.1) is 10.2 Å². The van der Waals surface area contributed by atoms with Gasteiger partial charge in [-0.25, -0.2) is 0 Å². The van der Waals surface area contributed by atoms with Crippen LogP contribution in [0, 0.1) is 0 Å². The SMILES string of the molecule is c1cnn2c(CNC3CC3)nnc2c1. The Kier molecular flexibility index (Phi) is 1.70. The lowest BCUT2D eigenvalue weighted by Gasteiger charge is -1.99. The lowest BCUT2D eigenvalue weighted by molar-refractivity contribution is 0.639. The van der Waals surface area contributed by atoms with Crippen LogP contribution < -0.4 is 5.32 Å². The van der Waals surface area contributed by atoms with Gasteiger partial charge in [0, 0.05) is 12.2 Å². The molecular weight excluding hydrogens is 178 g/mol. The second kappa shape index (κ2) is 3.02. The number of aromatic nitrogens is 4. The second-order valence-electron chi connectivity index (χ2n) is 3.57. The van der Waals surface area contributed by atoms with Gasteiger partial charge < -0.3 is 5.32 Å². The number of fused-ring (bicyclic) bond motifs is 1. The Morgan fingerprint density at radius 1 is 1.43 bits per heavy atom. The molecule has 1 aliphatic rings. The molecule has 14 heavy (non-hydrogen) atoms. The quantitative estimate of drug-likeness (QED) is 0.758. The van der Waals surface area contributed by atoms with Crippen molar-refractivity contribution in [3.05, 3.63) is 24.2 Å². The minimum absolute atomic E-state index is 0.686. The van der Waals surface area contributed by atoms with E-state index in [4.69, 9.17) is 0 Å². The highest BCUT2D eigenvalue weighted by atomic mass is 15.4. The molecule has 1 fully saturated rings. The molecule has 0 radical (unpaired) electrons. The Balaban J connectivity index is 1.87. The van der Waals surface area contributed by atoms with Crippen LogP contribution in [-0.2, 0) is 6.54 Å². The Morgan fingerprint density at radius 3 is 3.21 bits per heavy atom. The summed E-state index contributed by atoms with van der Waals surface area (Å²) in [7, 11) is 0. The largest absolute Gasteiger partial charge is 0.307 e. The first-order valence-electron chi connectivity index (χ1n) is 4.82. The molecule has 0 spiro atoms. The molecular formula is C9H11N5. The van der Waals surface area contributed by atoms with Gasteiger partial charge in [-0.1, -0.05) is 0 Å². The Labute approximate surface area is 81.1 Å². The van der Waals surface area contributed by atoms with Crippen molar-refractivity contribution in [3.63, 3.8) is 0 Å². The van der Waals surface area contributed by atoms with Crippen LogP contribution in [0.15, 0.2) is 18.3 Å². The van der Waals surface area contributed by atoms with Gasteiger partial charge >= 0.3 is 0 Å². The lowest BCUT2D eigenvalue weighted by atomic mass is 10.5. The number of nitrogens with one attached hydrogen (secondary N) is 1. The predicted molar refractivity (Wildman–Crippen MR) is 50.6 cm³/mol. The maximum absolute atomic E-state index is 4.19. The summed E-state index contributed by atoms with van der Waals surface area (Å²) in [6.45, 7) is 0.753.